The van der Waals surface area contributed by atoms with Crippen LogP contribution in [0.1, 0.15) is 39.4 Å². The van der Waals surface area contributed by atoms with Crippen LogP contribution in [0.15, 0.2) is 48.5 Å². The van der Waals surface area contributed by atoms with E-state index in [4.69, 9.17) is 9.57 Å². The van der Waals surface area contributed by atoms with Crippen molar-refractivity contribution in [3.8, 4) is 0 Å². The van der Waals surface area contributed by atoms with E-state index in [1.165, 1.54) is 0 Å². The first-order chi connectivity index (χ1) is 13.2. The van der Waals surface area contributed by atoms with Gasteiger partial charge >= 0.3 is 0 Å². The van der Waals surface area contributed by atoms with E-state index in [-0.39, 0.29) is 18.0 Å². The number of methoxy groups -OCH3 is 1. The molecule has 1 atom stereocenters. The molecule has 0 spiro atoms. The Labute approximate surface area is 158 Å². The molecule has 0 fully saturated rings. The van der Waals surface area contributed by atoms with Gasteiger partial charge in [-0.3, -0.25) is 14.4 Å². The fraction of sp³-hybridized carbons (Fsp3) is 0.300. The molecular formula is C20H23N3O4. The van der Waals surface area contributed by atoms with Gasteiger partial charge in [0.05, 0.1) is 13.2 Å². The standard InChI is InChI=1S/C20H23N3O4/c1-3-27-22-19(24)14-8-10-15(11-9-14)21-18-16-6-4-5-7-17(16)20(25)23(18)12-13-26-2/h4-11,18,21H,3,12-13H2,1-2H3,(H,22,24). The van der Waals surface area contributed by atoms with Crippen LogP contribution in [-0.4, -0.2) is 43.6 Å². The Morgan fingerprint density at radius 1 is 1.15 bits per heavy atom. The number of rotatable bonds is 8. The predicted molar refractivity (Wildman–Crippen MR) is 101 cm³/mol. The van der Waals surface area contributed by atoms with E-state index in [0.717, 1.165) is 11.3 Å². The molecule has 1 unspecified atom stereocenters. The molecule has 0 bridgehead atoms. The topological polar surface area (TPSA) is 79.9 Å². The molecule has 0 aromatic heterocycles. The SMILES string of the molecule is CCONC(=O)c1ccc(NC2c3ccccc3C(=O)N2CCOC)cc1. The molecule has 0 aliphatic carbocycles. The minimum Gasteiger partial charge on any atom is -0.383 e. The Morgan fingerprint density at radius 2 is 1.89 bits per heavy atom. The summed E-state index contributed by atoms with van der Waals surface area (Å²) in [5, 5.41) is 3.38. The lowest BCUT2D eigenvalue weighted by Crippen LogP contribution is -2.35. The van der Waals surface area contributed by atoms with Crippen LogP contribution in [0.2, 0.25) is 0 Å². The van der Waals surface area contributed by atoms with Crippen LogP contribution in [0.25, 0.3) is 0 Å². The highest BCUT2D eigenvalue weighted by Crippen LogP contribution is 2.34. The zero-order valence-corrected chi connectivity index (χ0v) is 15.4. The third kappa shape index (κ3) is 4.10. The monoisotopic (exact) mass is 369 g/mol. The van der Waals surface area contributed by atoms with Gasteiger partial charge in [0, 0.05) is 36.0 Å². The molecule has 1 heterocycles. The van der Waals surface area contributed by atoms with Gasteiger partial charge in [-0.15, -0.1) is 0 Å². The molecule has 0 radical (unpaired) electrons. The molecule has 1 aliphatic heterocycles. The lowest BCUT2D eigenvalue weighted by molar-refractivity contribution is 0.0364. The predicted octanol–water partition coefficient (Wildman–Crippen LogP) is 2.58. The van der Waals surface area contributed by atoms with Gasteiger partial charge in [0.15, 0.2) is 0 Å². The van der Waals surface area contributed by atoms with Gasteiger partial charge in [0.1, 0.15) is 6.17 Å². The van der Waals surface area contributed by atoms with Crippen molar-refractivity contribution < 1.29 is 19.2 Å². The number of hydroxylamine groups is 1. The number of nitrogens with zero attached hydrogens (tertiary/aromatic N) is 1. The first-order valence-electron chi connectivity index (χ1n) is 8.83. The largest absolute Gasteiger partial charge is 0.383 e. The number of anilines is 1. The van der Waals surface area contributed by atoms with Crippen molar-refractivity contribution in [3.63, 3.8) is 0 Å². The quantitative estimate of drug-likeness (QED) is 0.699. The van der Waals surface area contributed by atoms with Crippen molar-refractivity contribution in [3.05, 3.63) is 65.2 Å². The molecule has 0 saturated heterocycles. The Hall–Kier alpha value is -2.90. The maximum atomic E-state index is 12.7. The average molecular weight is 369 g/mol. The van der Waals surface area contributed by atoms with Crippen LogP contribution in [-0.2, 0) is 9.57 Å². The number of amides is 2. The second-order valence-corrected chi connectivity index (χ2v) is 6.07. The Kier molecular flexibility index (Phi) is 6.05. The van der Waals surface area contributed by atoms with Gasteiger partial charge in [0.2, 0.25) is 0 Å². The maximum Gasteiger partial charge on any atom is 0.274 e. The van der Waals surface area contributed by atoms with Crippen molar-refractivity contribution in [2.24, 2.45) is 0 Å². The fourth-order valence-corrected chi connectivity index (χ4v) is 3.02. The Morgan fingerprint density at radius 3 is 2.59 bits per heavy atom. The van der Waals surface area contributed by atoms with E-state index in [9.17, 15) is 9.59 Å². The van der Waals surface area contributed by atoms with Crippen LogP contribution in [0, 0.1) is 0 Å². The first kappa shape index (κ1) is 18.9. The zero-order valence-electron chi connectivity index (χ0n) is 15.4. The lowest BCUT2D eigenvalue weighted by Gasteiger charge is -2.27. The van der Waals surface area contributed by atoms with E-state index in [1.54, 1.807) is 43.2 Å². The van der Waals surface area contributed by atoms with Gasteiger partial charge in [-0.05, 0) is 37.3 Å². The van der Waals surface area contributed by atoms with Crippen LogP contribution in [0.3, 0.4) is 0 Å². The van der Waals surface area contributed by atoms with Gasteiger partial charge in [-0.1, -0.05) is 18.2 Å². The molecule has 2 amide bonds. The molecule has 0 saturated carbocycles. The summed E-state index contributed by atoms with van der Waals surface area (Å²) in [4.78, 5) is 31.3. The number of ether oxygens (including phenoxy) is 1. The van der Waals surface area contributed by atoms with E-state index in [1.807, 2.05) is 24.3 Å². The molecule has 2 N–H and O–H groups in total. The van der Waals surface area contributed by atoms with E-state index in [0.29, 0.717) is 30.9 Å². The molecule has 1 aliphatic rings. The second kappa shape index (κ2) is 8.66. The van der Waals surface area contributed by atoms with Crippen molar-refractivity contribution in [1.29, 1.82) is 0 Å². The summed E-state index contributed by atoms with van der Waals surface area (Å²) in [6.07, 6.45) is -0.285. The smallest absolute Gasteiger partial charge is 0.274 e. The maximum absolute atomic E-state index is 12.7. The number of nitrogens with one attached hydrogen (secondary N) is 2. The number of hydrogen-bond acceptors (Lipinski definition) is 5. The van der Waals surface area contributed by atoms with E-state index >= 15 is 0 Å². The molecule has 2 aromatic rings. The van der Waals surface area contributed by atoms with Crippen LogP contribution >= 0.6 is 0 Å². The number of carbonyl (C=O) groups is 2. The minimum absolute atomic E-state index is 0.0205. The highest BCUT2D eigenvalue weighted by Gasteiger charge is 2.36. The number of fused-ring (bicyclic) bond motifs is 1. The van der Waals surface area contributed by atoms with Gasteiger partial charge in [-0.25, -0.2) is 5.48 Å². The van der Waals surface area contributed by atoms with Crippen molar-refractivity contribution in [1.82, 2.24) is 10.4 Å². The summed E-state index contributed by atoms with van der Waals surface area (Å²) in [6, 6.07) is 14.6. The fourth-order valence-electron chi connectivity index (χ4n) is 3.02. The van der Waals surface area contributed by atoms with E-state index in [2.05, 4.69) is 10.8 Å². The molecule has 2 aromatic carbocycles. The molecule has 7 nitrogen and oxygen atoms in total. The van der Waals surface area contributed by atoms with Gasteiger partial charge in [-0.2, -0.15) is 0 Å². The summed E-state index contributed by atoms with van der Waals surface area (Å²) in [5.74, 6) is -0.320. The minimum atomic E-state index is -0.300. The number of hydrogen-bond donors (Lipinski definition) is 2. The summed E-state index contributed by atoms with van der Waals surface area (Å²) in [7, 11) is 1.61. The normalized spacial score (nSPS) is 15.6. The molecule has 3 rings (SSSR count). The molecule has 7 heteroatoms. The second-order valence-electron chi connectivity index (χ2n) is 6.07. The average Bonchev–Trinajstić information content (AvgIpc) is 2.96. The number of benzene rings is 2. The van der Waals surface area contributed by atoms with Crippen LogP contribution < -0.4 is 10.8 Å². The Balaban J connectivity index is 1.78. The molecule has 27 heavy (non-hydrogen) atoms. The summed E-state index contributed by atoms with van der Waals surface area (Å²) >= 11 is 0. The summed E-state index contributed by atoms with van der Waals surface area (Å²) in [5.41, 5.74) is 5.28. The van der Waals surface area contributed by atoms with Crippen molar-refractivity contribution in [2.45, 2.75) is 13.1 Å². The highest BCUT2D eigenvalue weighted by atomic mass is 16.6. The van der Waals surface area contributed by atoms with Crippen LogP contribution in [0.5, 0.6) is 0 Å². The lowest BCUT2D eigenvalue weighted by atomic mass is 10.1. The van der Waals surface area contributed by atoms with Crippen LogP contribution in [0.4, 0.5) is 5.69 Å². The van der Waals surface area contributed by atoms with Crippen molar-refractivity contribution in [2.75, 3.05) is 32.2 Å². The molecular weight excluding hydrogens is 346 g/mol. The third-order valence-electron chi connectivity index (χ3n) is 4.35. The van der Waals surface area contributed by atoms with E-state index < -0.39 is 0 Å². The van der Waals surface area contributed by atoms with Gasteiger partial charge < -0.3 is 15.0 Å². The number of carbonyl (C=O) groups excluding carboxylic acids is 2. The molecule has 142 valence electrons. The Bertz CT molecular complexity index is 807. The van der Waals surface area contributed by atoms with Gasteiger partial charge in [0.25, 0.3) is 11.8 Å². The third-order valence-corrected chi connectivity index (χ3v) is 4.35. The summed E-state index contributed by atoms with van der Waals surface area (Å²) in [6.45, 7) is 3.13. The first-order valence-corrected chi connectivity index (χ1v) is 8.83. The highest BCUT2D eigenvalue weighted by molar-refractivity contribution is 5.99. The van der Waals surface area contributed by atoms with Crippen molar-refractivity contribution >= 4 is 17.5 Å². The summed E-state index contributed by atoms with van der Waals surface area (Å²) < 4.78 is 5.15. The zero-order chi connectivity index (χ0) is 19.2.